The Kier molecular flexibility index (Phi) is 8.98. The summed E-state index contributed by atoms with van der Waals surface area (Å²) in [5.41, 5.74) is 2.00. The van der Waals surface area contributed by atoms with Gasteiger partial charge in [-0.15, -0.1) is 10.1 Å². The van der Waals surface area contributed by atoms with Crippen LogP contribution in [0.3, 0.4) is 0 Å². The third-order valence-corrected chi connectivity index (χ3v) is 4.61. The molecule has 0 saturated carbocycles. The molecule has 0 aromatic heterocycles. The van der Waals surface area contributed by atoms with Gasteiger partial charge in [-0.2, -0.15) is 0 Å². The van der Waals surface area contributed by atoms with Crippen LogP contribution in [-0.4, -0.2) is 49.3 Å². The zero-order valence-corrected chi connectivity index (χ0v) is 17.3. The summed E-state index contributed by atoms with van der Waals surface area (Å²) >= 11 is 12.4. The van der Waals surface area contributed by atoms with Gasteiger partial charge in [0.15, 0.2) is 0 Å². The van der Waals surface area contributed by atoms with Crippen LogP contribution in [0.5, 0.6) is 0 Å². The van der Waals surface area contributed by atoms with Crippen molar-refractivity contribution >= 4 is 40.5 Å². The number of anilines is 2. The Morgan fingerprint density at radius 3 is 2.45 bits per heavy atom. The normalized spacial score (nSPS) is 10.6. The first-order valence-corrected chi connectivity index (χ1v) is 9.53. The maximum atomic E-state index is 12.2. The van der Waals surface area contributed by atoms with Crippen molar-refractivity contribution in [1.29, 1.82) is 0 Å². The highest BCUT2D eigenvalue weighted by atomic mass is 35.5. The van der Waals surface area contributed by atoms with Gasteiger partial charge >= 0.3 is 5.97 Å². The van der Waals surface area contributed by atoms with Crippen LogP contribution in [0.1, 0.15) is 5.56 Å². The van der Waals surface area contributed by atoms with Crippen LogP contribution in [0, 0.1) is 10.1 Å². The van der Waals surface area contributed by atoms with E-state index in [-0.39, 0.29) is 25.6 Å². The fourth-order valence-corrected chi connectivity index (χ4v) is 2.95. The number of carbonyl (C=O) groups is 1. The first kappa shape index (κ1) is 22.7. The number of hydrogen-bond acceptors (Lipinski definition) is 7. The molecule has 0 heterocycles. The number of para-hydroxylation sites is 2. The summed E-state index contributed by atoms with van der Waals surface area (Å²) < 4.78 is 5.26. The highest BCUT2D eigenvalue weighted by Gasteiger charge is 2.12. The van der Waals surface area contributed by atoms with Gasteiger partial charge in [0.05, 0.1) is 22.2 Å². The molecule has 2 rings (SSSR count). The van der Waals surface area contributed by atoms with E-state index < -0.39 is 5.09 Å². The molecular weight excluding hydrogens is 421 g/mol. The van der Waals surface area contributed by atoms with Crippen molar-refractivity contribution in [2.24, 2.45) is 0 Å². The molecule has 2 aromatic rings. The molecule has 0 aliphatic carbocycles. The minimum atomic E-state index is -0.838. The Labute approximate surface area is 178 Å². The zero-order chi connectivity index (χ0) is 21.2. The second-order valence-electron chi connectivity index (χ2n) is 6.14. The number of carbonyl (C=O) groups excluding carboxylic acids is 1. The monoisotopic (exact) mass is 441 g/mol. The van der Waals surface area contributed by atoms with Crippen LogP contribution in [0.2, 0.25) is 10.0 Å². The van der Waals surface area contributed by atoms with Crippen LogP contribution in [-0.2, 0) is 20.8 Å². The van der Waals surface area contributed by atoms with Crippen LogP contribution >= 0.6 is 23.2 Å². The van der Waals surface area contributed by atoms with Gasteiger partial charge in [0.2, 0.25) is 0 Å². The lowest BCUT2D eigenvalue weighted by Crippen LogP contribution is -2.28. The van der Waals surface area contributed by atoms with E-state index in [1.807, 2.05) is 24.3 Å². The Balaban J connectivity index is 1.87. The van der Waals surface area contributed by atoms with Gasteiger partial charge in [-0.25, -0.2) is 0 Å². The summed E-state index contributed by atoms with van der Waals surface area (Å²) in [4.78, 5) is 28.3. The van der Waals surface area contributed by atoms with Crippen LogP contribution in [0.4, 0.5) is 11.4 Å². The lowest BCUT2D eigenvalue weighted by atomic mass is 10.1. The summed E-state index contributed by atoms with van der Waals surface area (Å²) in [6.45, 7) is 0.909. The fraction of sp³-hybridized carbons (Fsp3) is 0.316. The predicted molar refractivity (Wildman–Crippen MR) is 111 cm³/mol. The molecule has 0 fully saturated rings. The minimum Gasteiger partial charge on any atom is -0.464 e. The lowest BCUT2D eigenvalue weighted by molar-refractivity contribution is -0.757. The Bertz CT molecular complexity index is 830. The third kappa shape index (κ3) is 7.77. The minimum absolute atomic E-state index is 0.0406. The predicted octanol–water partition coefficient (Wildman–Crippen LogP) is 3.96. The summed E-state index contributed by atoms with van der Waals surface area (Å²) in [5.74, 6) is -0.389. The van der Waals surface area contributed by atoms with E-state index in [2.05, 4.69) is 10.2 Å². The molecule has 156 valence electrons. The van der Waals surface area contributed by atoms with Crippen molar-refractivity contribution in [3.63, 3.8) is 0 Å². The third-order valence-electron chi connectivity index (χ3n) is 3.98. The lowest BCUT2D eigenvalue weighted by Gasteiger charge is -2.16. The zero-order valence-electron chi connectivity index (χ0n) is 15.8. The number of halogens is 2. The SMILES string of the molecule is CN(CCOC(=O)Cc1ccccc1Nc1c(Cl)cccc1Cl)CCO[N+](=O)[O-]. The number of rotatable bonds is 11. The molecule has 0 bridgehead atoms. The first-order chi connectivity index (χ1) is 13.9. The standard InChI is InChI=1S/C19H21Cl2N3O5/c1-23(10-12-29-24(26)27)9-11-28-18(25)13-14-5-2-3-8-17(14)22-19-15(20)6-4-7-16(19)21/h2-8,22H,9-13H2,1H3. The van der Waals surface area contributed by atoms with Crippen molar-refractivity contribution in [2.45, 2.75) is 6.42 Å². The summed E-state index contributed by atoms with van der Waals surface area (Å²) in [6, 6.07) is 12.5. The van der Waals surface area contributed by atoms with E-state index in [0.29, 0.717) is 34.5 Å². The van der Waals surface area contributed by atoms with E-state index in [0.717, 1.165) is 5.56 Å². The molecule has 0 amide bonds. The highest BCUT2D eigenvalue weighted by molar-refractivity contribution is 6.39. The molecule has 0 aliphatic rings. The number of nitrogens with one attached hydrogen (secondary N) is 1. The Morgan fingerprint density at radius 2 is 1.76 bits per heavy atom. The fourth-order valence-electron chi connectivity index (χ4n) is 2.45. The molecule has 0 atom stereocenters. The molecule has 0 radical (unpaired) electrons. The van der Waals surface area contributed by atoms with Gasteiger partial charge in [0.25, 0.3) is 5.09 Å². The molecule has 0 spiro atoms. The Hall–Kier alpha value is -2.55. The van der Waals surface area contributed by atoms with Crippen molar-refractivity contribution in [3.05, 3.63) is 68.2 Å². The second-order valence-corrected chi connectivity index (χ2v) is 6.95. The number of esters is 1. The van der Waals surface area contributed by atoms with E-state index in [4.69, 9.17) is 27.9 Å². The van der Waals surface area contributed by atoms with E-state index >= 15 is 0 Å². The highest BCUT2D eigenvalue weighted by Crippen LogP contribution is 2.33. The van der Waals surface area contributed by atoms with Crippen molar-refractivity contribution < 1.29 is 19.5 Å². The summed E-state index contributed by atoms with van der Waals surface area (Å²) in [5, 5.41) is 13.4. The Morgan fingerprint density at radius 1 is 1.10 bits per heavy atom. The van der Waals surface area contributed by atoms with Crippen molar-refractivity contribution in [1.82, 2.24) is 4.90 Å². The van der Waals surface area contributed by atoms with Gasteiger partial charge in [0.1, 0.15) is 13.2 Å². The van der Waals surface area contributed by atoms with Crippen molar-refractivity contribution in [3.8, 4) is 0 Å². The molecule has 8 nitrogen and oxygen atoms in total. The van der Waals surface area contributed by atoms with Gasteiger partial charge in [0, 0.05) is 18.8 Å². The van der Waals surface area contributed by atoms with Gasteiger partial charge in [-0.05, 0) is 30.8 Å². The number of benzene rings is 2. The van der Waals surface area contributed by atoms with Crippen LogP contribution in [0.15, 0.2) is 42.5 Å². The van der Waals surface area contributed by atoms with Crippen LogP contribution < -0.4 is 5.32 Å². The molecule has 1 N–H and O–H groups in total. The van der Waals surface area contributed by atoms with E-state index in [1.54, 1.807) is 30.1 Å². The largest absolute Gasteiger partial charge is 0.464 e. The number of nitrogens with zero attached hydrogens (tertiary/aromatic N) is 2. The van der Waals surface area contributed by atoms with E-state index in [1.165, 1.54) is 0 Å². The summed E-state index contributed by atoms with van der Waals surface area (Å²) in [6.07, 6.45) is 0.0688. The molecule has 29 heavy (non-hydrogen) atoms. The second kappa shape index (κ2) is 11.5. The molecule has 0 saturated heterocycles. The topological polar surface area (TPSA) is 93.9 Å². The smallest absolute Gasteiger partial charge is 0.310 e. The van der Waals surface area contributed by atoms with Crippen LogP contribution in [0.25, 0.3) is 0 Å². The number of hydrogen-bond donors (Lipinski definition) is 1. The van der Waals surface area contributed by atoms with Gasteiger partial charge in [-0.3, -0.25) is 4.79 Å². The first-order valence-electron chi connectivity index (χ1n) is 8.77. The molecule has 0 unspecified atom stereocenters. The average Bonchev–Trinajstić information content (AvgIpc) is 2.66. The maximum Gasteiger partial charge on any atom is 0.310 e. The van der Waals surface area contributed by atoms with Gasteiger partial charge < -0.3 is 19.8 Å². The number of likely N-dealkylation sites (N-methyl/N-ethyl adjacent to an activating group) is 1. The summed E-state index contributed by atoms with van der Waals surface area (Å²) in [7, 11) is 1.75. The van der Waals surface area contributed by atoms with Gasteiger partial charge in [-0.1, -0.05) is 47.5 Å². The maximum absolute atomic E-state index is 12.2. The van der Waals surface area contributed by atoms with Crippen molar-refractivity contribution in [2.75, 3.05) is 38.7 Å². The number of ether oxygens (including phenoxy) is 1. The average molecular weight is 442 g/mol. The molecule has 0 aliphatic heterocycles. The van der Waals surface area contributed by atoms with E-state index in [9.17, 15) is 14.9 Å². The quantitative estimate of drug-likeness (QED) is 0.320. The molecule has 10 heteroatoms. The molecule has 2 aromatic carbocycles. The molecular formula is C19H21Cl2N3O5.